The molecule has 0 radical (unpaired) electrons. The number of hydrogen-bond acceptors (Lipinski definition) is 4. The molecule has 1 amide bonds. The molecule has 1 unspecified atom stereocenters. The molecule has 0 aliphatic carbocycles. The zero-order valence-corrected chi connectivity index (χ0v) is 13.1. The van der Waals surface area contributed by atoms with Gasteiger partial charge in [0.2, 0.25) is 5.91 Å². The second-order valence-electron chi connectivity index (χ2n) is 6.11. The van der Waals surface area contributed by atoms with Gasteiger partial charge in [-0.15, -0.1) is 0 Å². The highest BCUT2D eigenvalue weighted by molar-refractivity contribution is 5.76. The van der Waals surface area contributed by atoms with Crippen molar-refractivity contribution in [1.82, 2.24) is 9.88 Å². The van der Waals surface area contributed by atoms with Crippen molar-refractivity contribution in [3.63, 3.8) is 0 Å². The number of carbonyl (C=O) groups is 1. The number of carbonyl (C=O) groups excluding carboxylic acids is 1. The van der Waals surface area contributed by atoms with E-state index in [1.54, 1.807) is 19.0 Å². The highest BCUT2D eigenvalue weighted by Gasteiger charge is 2.37. The molecule has 0 spiro atoms. The Morgan fingerprint density at radius 2 is 2.17 bits per heavy atom. The molecule has 1 saturated heterocycles. The van der Waals surface area contributed by atoms with Crippen LogP contribution in [0.25, 0.3) is 0 Å². The third kappa shape index (κ3) is 4.34. The van der Waals surface area contributed by atoms with Crippen LogP contribution in [-0.2, 0) is 11.0 Å². The topological polar surface area (TPSA) is 56.7 Å². The molecule has 2 heterocycles. The number of amides is 1. The zero-order chi connectivity index (χ0) is 17.3. The molecule has 2 rings (SSSR count). The fourth-order valence-corrected chi connectivity index (χ4v) is 2.66. The van der Waals surface area contributed by atoms with Crippen LogP contribution in [0.3, 0.4) is 0 Å². The maximum Gasteiger partial charge on any atom is 0.416 e. The van der Waals surface area contributed by atoms with E-state index in [1.807, 2.05) is 0 Å². The van der Waals surface area contributed by atoms with E-state index >= 15 is 0 Å². The molecule has 1 fully saturated rings. The third-order valence-electron chi connectivity index (χ3n) is 3.93. The number of halogens is 3. The summed E-state index contributed by atoms with van der Waals surface area (Å²) in [6.07, 6.45) is -2.38. The van der Waals surface area contributed by atoms with Crippen LogP contribution in [0.5, 0.6) is 0 Å². The Morgan fingerprint density at radius 1 is 1.48 bits per heavy atom. The summed E-state index contributed by atoms with van der Waals surface area (Å²) in [5, 5.41) is 10.6. The number of anilines is 1. The molecule has 5 nitrogen and oxygen atoms in total. The van der Waals surface area contributed by atoms with Crippen LogP contribution in [0, 0.1) is 0 Å². The second kappa shape index (κ2) is 6.35. The Labute approximate surface area is 132 Å². The average Bonchev–Trinajstić information content (AvgIpc) is 2.46. The Hall–Kier alpha value is -1.83. The monoisotopic (exact) mass is 331 g/mol. The lowest BCUT2D eigenvalue weighted by atomic mass is 9.89. The van der Waals surface area contributed by atoms with Gasteiger partial charge in [-0.1, -0.05) is 0 Å². The fourth-order valence-electron chi connectivity index (χ4n) is 2.66. The summed E-state index contributed by atoms with van der Waals surface area (Å²) in [6.45, 7) is 0.577. The van der Waals surface area contributed by atoms with Crippen molar-refractivity contribution >= 4 is 11.7 Å². The molecule has 1 aromatic heterocycles. The van der Waals surface area contributed by atoms with Crippen molar-refractivity contribution in [2.75, 3.05) is 32.1 Å². The number of nitrogens with zero attached hydrogens (tertiary/aromatic N) is 3. The quantitative estimate of drug-likeness (QED) is 0.919. The van der Waals surface area contributed by atoms with Crippen LogP contribution in [0.1, 0.15) is 24.8 Å². The SMILES string of the molecule is CN(C)C(=O)CC1(O)CCCN(c2cc(C(F)(F)F)ccn2)C1. The van der Waals surface area contributed by atoms with Crippen molar-refractivity contribution < 1.29 is 23.1 Å². The molecule has 1 aliphatic heterocycles. The molecule has 1 atom stereocenters. The average molecular weight is 331 g/mol. The van der Waals surface area contributed by atoms with Gasteiger partial charge in [0.05, 0.1) is 17.6 Å². The maximum absolute atomic E-state index is 12.8. The predicted molar refractivity (Wildman–Crippen MR) is 78.9 cm³/mol. The molecule has 23 heavy (non-hydrogen) atoms. The first-order chi connectivity index (χ1) is 10.6. The first-order valence-electron chi connectivity index (χ1n) is 7.31. The molecule has 1 N–H and O–H groups in total. The summed E-state index contributed by atoms with van der Waals surface area (Å²) in [6, 6.07) is 1.88. The summed E-state index contributed by atoms with van der Waals surface area (Å²) in [5.74, 6) is -0.0541. The van der Waals surface area contributed by atoms with E-state index in [0.717, 1.165) is 18.3 Å². The predicted octanol–water partition coefficient (Wildman–Crippen LogP) is 1.91. The molecule has 0 bridgehead atoms. The van der Waals surface area contributed by atoms with Crippen molar-refractivity contribution in [1.29, 1.82) is 0 Å². The van der Waals surface area contributed by atoms with Crippen LogP contribution in [0.15, 0.2) is 18.3 Å². The number of aromatic nitrogens is 1. The van der Waals surface area contributed by atoms with Gasteiger partial charge in [0.15, 0.2) is 0 Å². The molecule has 1 aliphatic rings. The van der Waals surface area contributed by atoms with Gasteiger partial charge in [-0.25, -0.2) is 4.98 Å². The number of aliphatic hydroxyl groups is 1. The van der Waals surface area contributed by atoms with E-state index in [1.165, 1.54) is 4.90 Å². The summed E-state index contributed by atoms with van der Waals surface area (Å²) >= 11 is 0. The Kier molecular flexibility index (Phi) is 4.84. The van der Waals surface area contributed by atoms with E-state index in [4.69, 9.17) is 0 Å². The molecular formula is C15H20F3N3O2. The zero-order valence-electron chi connectivity index (χ0n) is 13.1. The smallest absolute Gasteiger partial charge is 0.388 e. The lowest BCUT2D eigenvalue weighted by Gasteiger charge is -2.40. The van der Waals surface area contributed by atoms with Crippen LogP contribution in [0.4, 0.5) is 19.0 Å². The fraction of sp³-hybridized carbons (Fsp3) is 0.600. The number of rotatable bonds is 3. The van der Waals surface area contributed by atoms with Gasteiger partial charge in [-0.05, 0) is 25.0 Å². The summed E-state index contributed by atoms with van der Waals surface area (Å²) in [7, 11) is 3.20. The minimum Gasteiger partial charge on any atom is -0.388 e. The van der Waals surface area contributed by atoms with E-state index in [2.05, 4.69) is 4.98 Å². The van der Waals surface area contributed by atoms with E-state index < -0.39 is 17.3 Å². The van der Waals surface area contributed by atoms with Crippen LogP contribution in [-0.4, -0.2) is 53.7 Å². The number of alkyl halides is 3. The number of β-amino-alcohol motifs (C(OH)–C–C–N with tert-alkyl or cyclic N) is 1. The van der Waals surface area contributed by atoms with E-state index in [-0.39, 0.29) is 24.7 Å². The Morgan fingerprint density at radius 3 is 2.78 bits per heavy atom. The van der Waals surface area contributed by atoms with Gasteiger partial charge in [0, 0.05) is 33.4 Å². The van der Waals surface area contributed by atoms with Crippen molar-refractivity contribution in [3.05, 3.63) is 23.9 Å². The standard InChI is InChI=1S/C15H20F3N3O2/c1-20(2)13(22)9-14(23)5-3-7-21(10-14)12-8-11(4-6-19-12)15(16,17)18/h4,6,8,23H,3,5,7,9-10H2,1-2H3. The van der Waals surface area contributed by atoms with Gasteiger partial charge < -0.3 is 14.9 Å². The number of piperidine rings is 1. The van der Waals surface area contributed by atoms with Gasteiger partial charge in [-0.3, -0.25) is 4.79 Å². The molecule has 1 aromatic rings. The van der Waals surface area contributed by atoms with E-state index in [9.17, 15) is 23.1 Å². The Bertz CT molecular complexity index is 577. The van der Waals surface area contributed by atoms with Crippen molar-refractivity contribution in [2.45, 2.75) is 31.0 Å². The van der Waals surface area contributed by atoms with Crippen LogP contribution < -0.4 is 4.90 Å². The van der Waals surface area contributed by atoms with Crippen LogP contribution >= 0.6 is 0 Å². The van der Waals surface area contributed by atoms with E-state index in [0.29, 0.717) is 19.4 Å². The lowest BCUT2D eigenvalue weighted by Crippen LogP contribution is -2.50. The minimum atomic E-state index is -4.44. The molecule has 0 saturated carbocycles. The number of hydrogen-bond donors (Lipinski definition) is 1. The van der Waals surface area contributed by atoms with Gasteiger partial charge >= 0.3 is 6.18 Å². The first-order valence-corrected chi connectivity index (χ1v) is 7.31. The highest BCUT2D eigenvalue weighted by atomic mass is 19.4. The first kappa shape index (κ1) is 17.5. The second-order valence-corrected chi connectivity index (χ2v) is 6.11. The van der Waals surface area contributed by atoms with Crippen LogP contribution in [0.2, 0.25) is 0 Å². The summed E-state index contributed by atoms with van der Waals surface area (Å²) in [5.41, 5.74) is -2.03. The normalized spacial score (nSPS) is 22.1. The number of pyridine rings is 1. The molecular weight excluding hydrogens is 311 g/mol. The summed E-state index contributed by atoms with van der Waals surface area (Å²) < 4.78 is 38.4. The van der Waals surface area contributed by atoms with Gasteiger partial charge in [-0.2, -0.15) is 13.2 Å². The molecule has 0 aromatic carbocycles. The molecule has 8 heteroatoms. The molecule has 128 valence electrons. The Balaban J connectivity index is 2.16. The minimum absolute atomic E-state index is 0.0601. The lowest BCUT2D eigenvalue weighted by molar-refractivity contribution is -0.137. The largest absolute Gasteiger partial charge is 0.416 e. The highest BCUT2D eigenvalue weighted by Crippen LogP contribution is 2.33. The third-order valence-corrected chi connectivity index (χ3v) is 3.93. The van der Waals surface area contributed by atoms with Gasteiger partial charge in [0.25, 0.3) is 0 Å². The van der Waals surface area contributed by atoms with Gasteiger partial charge in [0.1, 0.15) is 5.82 Å². The summed E-state index contributed by atoms with van der Waals surface area (Å²) in [4.78, 5) is 18.8. The van der Waals surface area contributed by atoms with Crippen molar-refractivity contribution in [3.8, 4) is 0 Å². The van der Waals surface area contributed by atoms with Crippen molar-refractivity contribution in [2.24, 2.45) is 0 Å². The maximum atomic E-state index is 12.8.